The van der Waals surface area contributed by atoms with Crippen molar-refractivity contribution in [2.75, 3.05) is 18.0 Å². The van der Waals surface area contributed by atoms with Crippen LogP contribution < -0.4 is 10.2 Å². The van der Waals surface area contributed by atoms with Crippen LogP contribution in [0.2, 0.25) is 0 Å². The highest BCUT2D eigenvalue weighted by molar-refractivity contribution is 5.45. The van der Waals surface area contributed by atoms with Gasteiger partial charge in [0.05, 0.1) is 0 Å². The molecule has 0 aromatic carbocycles. The lowest BCUT2D eigenvalue weighted by molar-refractivity contribution is 0.571. The third kappa shape index (κ3) is 3.24. The summed E-state index contributed by atoms with van der Waals surface area (Å²) in [6.07, 6.45) is 3.89. The summed E-state index contributed by atoms with van der Waals surface area (Å²) < 4.78 is 14.5. The highest BCUT2D eigenvalue weighted by Gasteiger charge is 2.29. The molecule has 0 radical (unpaired) electrons. The Balaban J connectivity index is 2.15. The fourth-order valence-corrected chi connectivity index (χ4v) is 2.80. The van der Waals surface area contributed by atoms with E-state index in [1.54, 1.807) is 12.3 Å². The van der Waals surface area contributed by atoms with Crippen LogP contribution in [0.4, 0.5) is 10.2 Å². The van der Waals surface area contributed by atoms with Crippen LogP contribution in [0.5, 0.6) is 0 Å². The van der Waals surface area contributed by atoms with Gasteiger partial charge in [-0.15, -0.1) is 0 Å². The number of pyridine rings is 1. The van der Waals surface area contributed by atoms with Gasteiger partial charge in [0.15, 0.2) is 11.6 Å². The van der Waals surface area contributed by atoms with E-state index in [0.717, 1.165) is 25.9 Å². The minimum atomic E-state index is -0.160. The minimum absolute atomic E-state index is 0.160. The average Bonchev–Trinajstić information content (AvgIpc) is 2.71. The molecule has 1 saturated heterocycles. The summed E-state index contributed by atoms with van der Waals surface area (Å²) in [5.41, 5.74) is 0.713. The largest absolute Gasteiger partial charge is 0.351 e. The van der Waals surface area contributed by atoms with E-state index in [-0.39, 0.29) is 5.82 Å². The number of halogens is 1. The molecule has 1 fully saturated rings. The first kappa shape index (κ1) is 14.3. The third-order valence-electron chi connectivity index (χ3n) is 3.75. The second-order valence-corrected chi connectivity index (χ2v) is 5.63. The molecule has 1 N–H and O–H groups in total. The van der Waals surface area contributed by atoms with Crippen molar-refractivity contribution in [1.82, 2.24) is 10.3 Å². The molecule has 2 rings (SSSR count). The quantitative estimate of drug-likeness (QED) is 0.830. The molecule has 1 aliphatic rings. The van der Waals surface area contributed by atoms with Crippen LogP contribution in [0.25, 0.3) is 0 Å². The van der Waals surface area contributed by atoms with Crippen LogP contribution >= 0.6 is 0 Å². The number of anilines is 1. The third-order valence-corrected chi connectivity index (χ3v) is 3.75. The standard InChI is InChI=1S/C15H24FN3/c1-4-6-17-9-13-5-7-18-15(14(13)16)19-10-11(2)8-12(19)3/h5,7,11-12,17H,4,6,8-10H2,1-3H3. The van der Waals surface area contributed by atoms with E-state index < -0.39 is 0 Å². The summed E-state index contributed by atoms with van der Waals surface area (Å²) in [5.74, 6) is 0.970. The molecule has 0 bridgehead atoms. The molecule has 3 nitrogen and oxygen atoms in total. The van der Waals surface area contributed by atoms with Crippen LogP contribution in [0, 0.1) is 11.7 Å². The molecule has 106 valence electrons. The number of nitrogens with zero attached hydrogens (tertiary/aromatic N) is 2. The van der Waals surface area contributed by atoms with Crippen molar-refractivity contribution in [1.29, 1.82) is 0 Å². The van der Waals surface area contributed by atoms with Gasteiger partial charge < -0.3 is 10.2 Å². The fourth-order valence-electron chi connectivity index (χ4n) is 2.80. The van der Waals surface area contributed by atoms with Gasteiger partial charge in [-0.2, -0.15) is 0 Å². The molecular formula is C15H24FN3. The van der Waals surface area contributed by atoms with E-state index in [4.69, 9.17) is 0 Å². The molecule has 19 heavy (non-hydrogen) atoms. The van der Waals surface area contributed by atoms with Crippen molar-refractivity contribution in [2.24, 2.45) is 5.92 Å². The zero-order valence-electron chi connectivity index (χ0n) is 12.1. The number of nitrogens with one attached hydrogen (secondary N) is 1. The maximum atomic E-state index is 14.5. The molecule has 2 unspecified atom stereocenters. The summed E-state index contributed by atoms with van der Waals surface area (Å²) in [6.45, 7) is 8.85. The van der Waals surface area contributed by atoms with Gasteiger partial charge >= 0.3 is 0 Å². The monoisotopic (exact) mass is 265 g/mol. The smallest absolute Gasteiger partial charge is 0.170 e. The van der Waals surface area contributed by atoms with Gasteiger partial charge in [0.2, 0.25) is 0 Å². The average molecular weight is 265 g/mol. The number of hydrogen-bond acceptors (Lipinski definition) is 3. The Labute approximate surface area is 115 Å². The van der Waals surface area contributed by atoms with Crippen LogP contribution in [0.15, 0.2) is 12.3 Å². The van der Waals surface area contributed by atoms with Crippen LogP contribution in [0.1, 0.15) is 39.2 Å². The van der Waals surface area contributed by atoms with Gasteiger partial charge in [-0.1, -0.05) is 13.8 Å². The number of hydrogen-bond donors (Lipinski definition) is 1. The maximum Gasteiger partial charge on any atom is 0.170 e. The zero-order valence-corrected chi connectivity index (χ0v) is 12.1. The Morgan fingerprint density at radius 3 is 2.89 bits per heavy atom. The normalized spacial score (nSPS) is 23.1. The lowest BCUT2D eigenvalue weighted by Gasteiger charge is -2.23. The maximum absolute atomic E-state index is 14.5. The molecule has 0 saturated carbocycles. The number of rotatable bonds is 5. The number of aromatic nitrogens is 1. The summed E-state index contributed by atoms with van der Waals surface area (Å²) in [5, 5.41) is 3.24. The second-order valence-electron chi connectivity index (χ2n) is 5.63. The molecule has 1 aliphatic heterocycles. The molecule has 0 spiro atoms. The Morgan fingerprint density at radius 2 is 2.26 bits per heavy atom. The van der Waals surface area contributed by atoms with E-state index in [0.29, 0.717) is 29.9 Å². The van der Waals surface area contributed by atoms with Gasteiger partial charge in [0, 0.05) is 30.9 Å². The van der Waals surface area contributed by atoms with Crippen LogP contribution in [-0.2, 0) is 6.54 Å². The topological polar surface area (TPSA) is 28.2 Å². The molecule has 0 aliphatic carbocycles. The lowest BCUT2D eigenvalue weighted by Crippen LogP contribution is -2.29. The molecule has 0 amide bonds. The lowest BCUT2D eigenvalue weighted by atomic mass is 10.1. The van der Waals surface area contributed by atoms with E-state index in [1.165, 1.54) is 0 Å². The summed E-state index contributed by atoms with van der Waals surface area (Å²) in [6, 6.07) is 2.14. The molecule has 2 atom stereocenters. The van der Waals surface area contributed by atoms with Gasteiger partial charge in [-0.05, 0) is 38.3 Å². The predicted molar refractivity (Wildman–Crippen MR) is 76.8 cm³/mol. The summed E-state index contributed by atoms with van der Waals surface area (Å²) >= 11 is 0. The summed E-state index contributed by atoms with van der Waals surface area (Å²) in [4.78, 5) is 6.36. The summed E-state index contributed by atoms with van der Waals surface area (Å²) in [7, 11) is 0. The van der Waals surface area contributed by atoms with Crippen molar-refractivity contribution in [2.45, 2.75) is 46.2 Å². The molecule has 2 heterocycles. The second kappa shape index (κ2) is 6.33. The van der Waals surface area contributed by atoms with Crippen molar-refractivity contribution < 1.29 is 4.39 Å². The SMILES string of the molecule is CCCNCc1ccnc(N2CC(C)CC2C)c1F. The van der Waals surface area contributed by atoms with Crippen molar-refractivity contribution in [3.8, 4) is 0 Å². The van der Waals surface area contributed by atoms with Gasteiger partial charge in [0.25, 0.3) is 0 Å². The predicted octanol–water partition coefficient (Wildman–Crippen LogP) is 2.96. The van der Waals surface area contributed by atoms with Gasteiger partial charge in [0.1, 0.15) is 0 Å². The Hall–Kier alpha value is -1.16. The molecule has 4 heteroatoms. The Morgan fingerprint density at radius 1 is 1.47 bits per heavy atom. The zero-order chi connectivity index (χ0) is 13.8. The Kier molecular flexibility index (Phi) is 4.75. The van der Waals surface area contributed by atoms with E-state index in [1.807, 2.05) is 0 Å². The first-order valence-electron chi connectivity index (χ1n) is 7.24. The molecule has 1 aromatic rings. The van der Waals surface area contributed by atoms with Crippen molar-refractivity contribution in [3.05, 3.63) is 23.6 Å². The Bertz CT molecular complexity index is 422. The fraction of sp³-hybridized carbons (Fsp3) is 0.667. The highest BCUT2D eigenvalue weighted by atomic mass is 19.1. The minimum Gasteiger partial charge on any atom is -0.351 e. The van der Waals surface area contributed by atoms with Crippen molar-refractivity contribution in [3.63, 3.8) is 0 Å². The van der Waals surface area contributed by atoms with Gasteiger partial charge in [-0.25, -0.2) is 9.37 Å². The van der Waals surface area contributed by atoms with E-state index in [9.17, 15) is 4.39 Å². The molecule has 1 aromatic heterocycles. The van der Waals surface area contributed by atoms with Crippen LogP contribution in [0.3, 0.4) is 0 Å². The molecular weight excluding hydrogens is 241 g/mol. The van der Waals surface area contributed by atoms with E-state index in [2.05, 4.69) is 36.0 Å². The van der Waals surface area contributed by atoms with E-state index >= 15 is 0 Å². The highest BCUT2D eigenvalue weighted by Crippen LogP contribution is 2.29. The van der Waals surface area contributed by atoms with Crippen LogP contribution in [-0.4, -0.2) is 24.1 Å². The first-order chi connectivity index (χ1) is 9.13. The first-order valence-corrected chi connectivity index (χ1v) is 7.24. The van der Waals surface area contributed by atoms with Crippen molar-refractivity contribution >= 4 is 5.82 Å². The van der Waals surface area contributed by atoms with Gasteiger partial charge in [-0.3, -0.25) is 0 Å².